The highest BCUT2D eigenvalue weighted by molar-refractivity contribution is 5.95. The summed E-state index contributed by atoms with van der Waals surface area (Å²) in [6.45, 7) is 5.38. The van der Waals surface area contributed by atoms with E-state index in [4.69, 9.17) is 4.74 Å². The fourth-order valence-electron chi connectivity index (χ4n) is 4.08. The van der Waals surface area contributed by atoms with Crippen LogP contribution in [0.25, 0.3) is 0 Å². The van der Waals surface area contributed by atoms with Crippen LogP contribution in [-0.2, 0) is 16.1 Å². The highest BCUT2D eigenvalue weighted by atomic mass is 19.1. The summed E-state index contributed by atoms with van der Waals surface area (Å²) >= 11 is 0. The number of hydrogen-bond donors (Lipinski definition) is 1. The van der Waals surface area contributed by atoms with Crippen LogP contribution in [0, 0.1) is 11.7 Å². The van der Waals surface area contributed by atoms with Gasteiger partial charge in [0.05, 0.1) is 13.2 Å². The number of amides is 2. The van der Waals surface area contributed by atoms with Crippen molar-refractivity contribution >= 4 is 17.5 Å². The van der Waals surface area contributed by atoms with Crippen LogP contribution in [0.2, 0.25) is 0 Å². The van der Waals surface area contributed by atoms with Crippen molar-refractivity contribution in [1.29, 1.82) is 0 Å². The first-order chi connectivity index (χ1) is 15.1. The molecule has 0 radical (unpaired) electrons. The molecule has 7 heteroatoms. The molecule has 0 saturated carbocycles. The number of halogens is 1. The molecule has 0 aliphatic carbocycles. The maximum atomic E-state index is 13.1. The van der Waals surface area contributed by atoms with E-state index in [1.807, 2.05) is 12.1 Å². The number of carbonyl (C=O) groups excluding carboxylic acids is 2. The summed E-state index contributed by atoms with van der Waals surface area (Å²) in [5.41, 5.74) is 2.48. The van der Waals surface area contributed by atoms with E-state index >= 15 is 0 Å². The molecule has 2 amide bonds. The van der Waals surface area contributed by atoms with E-state index in [2.05, 4.69) is 22.3 Å². The van der Waals surface area contributed by atoms with Crippen molar-refractivity contribution in [2.24, 2.45) is 5.92 Å². The molecule has 0 atom stereocenters. The predicted molar refractivity (Wildman–Crippen MR) is 116 cm³/mol. The molecule has 164 valence electrons. The maximum Gasteiger partial charge on any atom is 0.253 e. The Hall–Kier alpha value is -2.77. The number of morpholine rings is 1. The van der Waals surface area contributed by atoms with Crippen LogP contribution in [0.3, 0.4) is 0 Å². The molecule has 2 aromatic carbocycles. The van der Waals surface area contributed by atoms with Gasteiger partial charge in [0.25, 0.3) is 5.91 Å². The molecular formula is C24H28FN3O3. The molecule has 0 aromatic heterocycles. The van der Waals surface area contributed by atoms with Crippen molar-refractivity contribution in [2.75, 3.05) is 44.7 Å². The molecular weight excluding hydrogens is 397 g/mol. The summed E-state index contributed by atoms with van der Waals surface area (Å²) < 4.78 is 18.4. The van der Waals surface area contributed by atoms with Gasteiger partial charge in [-0.2, -0.15) is 0 Å². The molecule has 2 saturated heterocycles. The van der Waals surface area contributed by atoms with Crippen molar-refractivity contribution in [1.82, 2.24) is 9.80 Å². The average molecular weight is 426 g/mol. The zero-order valence-corrected chi connectivity index (χ0v) is 17.6. The molecule has 31 heavy (non-hydrogen) atoms. The van der Waals surface area contributed by atoms with Gasteiger partial charge in [-0.05, 0) is 54.8 Å². The SMILES string of the molecule is O=C(Nc1ccc(CN2CCOCC2)cc1)C1CCN(C(=O)c2ccc(F)cc2)CC1. The van der Waals surface area contributed by atoms with Crippen molar-refractivity contribution in [3.8, 4) is 0 Å². The van der Waals surface area contributed by atoms with E-state index in [1.165, 1.54) is 29.8 Å². The Kier molecular flexibility index (Phi) is 6.94. The van der Waals surface area contributed by atoms with Gasteiger partial charge in [0.2, 0.25) is 5.91 Å². The van der Waals surface area contributed by atoms with E-state index in [1.54, 1.807) is 4.90 Å². The number of nitrogens with one attached hydrogen (secondary N) is 1. The Morgan fingerprint density at radius 3 is 2.23 bits per heavy atom. The monoisotopic (exact) mass is 425 g/mol. The number of rotatable bonds is 5. The predicted octanol–water partition coefficient (Wildman–Crippen LogP) is 3.15. The van der Waals surface area contributed by atoms with Gasteiger partial charge in [0.1, 0.15) is 5.82 Å². The van der Waals surface area contributed by atoms with Crippen molar-refractivity contribution < 1.29 is 18.7 Å². The number of ether oxygens (including phenoxy) is 1. The summed E-state index contributed by atoms with van der Waals surface area (Å²) in [6, 6.07) is 13.6. The van der Waals surface area contributed by atoms with Gasteiger partial charge >= 0.3 is 0 Å². The highest BCUT2D eigenvalue weighted by Crippen LogP contribution is 2.22. The number of nitrogens with zero attached hydrogens (tertiary/aromatic N) is 2. The van der Waals surface area contributed by atoms with Crippen LogP contribution in [0.4, 0.5) is 10.1 Å². The zero-order valence-electron chi connectivity index (χ0n) is 17.6. The minimum absolute atomic E-state index is 0.00481. The molecule has 2 aliphatic rings. The van der Waals surface area contributed by atoms with Crippen LogP contribution in [0.1, 0.15) is 28.8 Å². The van der Waals surface area contributed by atoms with E-state index < -0.39 is 0 Å². The second-order valence-electron chi connectivity index (χ2n) is 8.15. The zero-order chi connectivity index (χ0) is 21.6. The molecule has 2 heterocycles. The lowest BCUT2D eigenvalue weighted by molar-refractivity contribution is -0.121. The molecule has 1 N–H and O–H groups in total. The largest absolute Gasteiger partial charge is 0.379 e. The Balaban J connectivity index is 1.25. The van der Waals surface area contributed by atoms with Gasteiger partial charge in [0, 0.05) is 49.9 Å². The van der Waals surface area contributed by atoms with Gasteiger partial charge < -0.3 is 15.0 Å². The minimum Gasteiger partial charge on any atom is -0.379 e. The molecule has 0 bridgehead atoms. The van der Waals surface area contributed by atoms with Crippen LogP contribution < -0.4 is 5.32 Å². The summed E-state index contributed by atoms with van der Waals surface area (Å²) in [6.07, 6.45) is 1.24. The fraction of sp³-hybridized carbons (Fsp3) is 0.417. The number of hydrogen-bond acceptors (Lipinski definition) is 4. The Labute approximate surface area is 182 Å². The van der Waals surface area contributed by atoms with Crippen LogP contribution in [0.15, 0.2) is 48.5 Å². The topological polar surface area (TPSA) is 61.9 Å². The lowest BCUT2D eigenvalue weighted by Gasteiger charge is -2.31. The number of piperidine rings is 1. The van der Waals surface area contributed by atoms with E-state index in [0.717, 1.165) is 38.5 Å². The molecule has 4 rings (SSSR count). The van der Waals surface area contributed by atoms with Crippen LogP contribution in [0.5, 0.6) is 0 Å². The summed E-state index contributed by atoms with van der Waals surface area (Å²) in [4.78, 5) is 29.3. The third-order valence-corrected chi connectivity index (χ3v) is 5.98. The Morgan fingerprint density at radius 1 is 0.935 bits per heavy atom. The summed E-state index contributed by atoms with van der Waals surface area (Å²) in [7, 11) is 0. The summed E-state index contributed by atoms with van der Waals surface area (Å²) in [5, 5.41) is 3.01. The van der Waals surface area contributed by atoms with Gasteiger partial charge in [-0.1, -0.05) is 12.1 Å². The number of anilines is 1. The lowest BCUT2D eigenvalue weighted by Crippen LogP contribution is -2.41. The average Bonchev–Trinajstić information content (AvgIpc) is 2.81. The Bertz CT molecular complexity index is 887. The van der Waals surface area contributed by atoms with Crippen molar-refractivity contribution in [2.45, 2.75) is 19.4 Å². The van der Waals surface area contributed by atoms with Gasteiger partial charge in [-0.25, -0.2) is 4.39 Å². The third-order valence-electron chi connectivity index (χ3n) is 5.98. The smallest absolute Gasteiger partial charge is 0.253 e. The first-order valence-electron chi connectivity index (χ1n) is 10.8. The number of likely N-dealkylation sites (tertiary alicyclic amines) is 1. The summed E-state index contributed by atoms with van der Waals surface area (Å²) in [5.74, 6) is -0.601. The first kappa shape index (κ1) is 21.5. The second kappa shape index (κ2) is 10.0. The normalized spacial score (nSPS) is 18.0. The molecule has 2 aliphatic heterocycles. The van der Waals surface area contributed by atoms with E-state index in [-0.39, 0.29) is 23.5 Å². The fourth-order valence-corrected chi connectivity index (χ4v) is 4.08. The number of benzene rings is 2. The second-order valence-corrected chi connectivity index (χ2v) is 8.15. The number of carbonyl (C=O) groups is 2. The quantitative estimate of drug-likeness (QED) is 0.800. The highest BCUT2D eigenvalue weighted by Gasteiger charge is 2.28. The van der Waals surface area contributed by atoms with Crippen LogP contribution >= 0.6 is 0 Å². The van der Waals surface area contributed by atoms with Gasteiger partial charge in [-0.3, -0.25) is 14.5 Å². The van der Waals surface area contributed by atoms with E-state index in [9.17, 15) is 14.0 Å². The van der Waals surface area contributed by atoms with Crippen LogP contribution in [-0.4, -0.2) is 61.0 Å². The molecule has 6 nitrogen and oxygen atoms in total. The molecule has 0 spiro atoms. The minimum atomic E-state index is -0.360. The van der Waals surface area contributed by atoms with Gasteiger partial charge in [-0.15, -0.1) is 0 Å². The third kappa shape index (κ3) is 5.68. The first-order valence-corrected chi connectivity index (χ1v) is 10.8. The Morgan fingerprint density at radius 2 is 1.58 bits per heavy atom. The standard InChI is InChI=1S/C24H28FN3O3/c25-21-5-3-20(4-6-21)24(30)28-11-9-19(10-12-28)23(29)26-22-7-1-18(2-8-22)17-27-13-15-31-16-14-27/h1-8,19H,9-17H2,(H,26,29). The van der Waals surface area contributed by atoms with E-state index in [0.29, 0.717) is 31.5 Å². The van der Waals surface area contributed by atoms with Crippen molar-refractivity contribution in [3.63, 3.8) is 0 Å². The van der Waals surface area contributed by atoms with Gasteiger partial charge in [0.15, 0.2) is 0 Å². The molecule has 2 aromatic rings. The maximum absolute atomic E-state index is 13.1. The van der Waals surface area contributed by atoms with Crippen molar-refractivity contribution in [3.05, 3.63) is 65.5 Å². The molecule has 2 fully saturated rings. The molecule has 0 unspecified atom stereocenters. The lowest BCUT2D eigenvalue weighted by atomic mass is 9.95.